The zero-order valence-corrected chi connectivity index (χ0v) is 17.5. The van der Waals surface area contributed by atoms with Gasteiger partial charge in [0.2, 0.25) is 5.91 Å². The van der Waals surface area contributed by atoms with Crippen LogP contribution >= 0.6 is 0 Å². The van der Waals surface area contributed by atoms with Gasteiger partial charge in [0, 0.05) is 50.9 Å². The van der Waals surface area contributed by atoms with Gasteiger partial charge in [0.1, 0.15) is 5.82 Å². The largest absolute Gasteiger partial charge is 0.449 e. The molecule has 1 spiro atoms. The van der Waals surface area contributed by atoms with Crippen molar-refractivity contribution in [3.8, 4) is 0 Å². The van der Waals surface area contributed by atoms with Crippen LogP contribution in [0.1, 0.15) is 40.7 Å². The van der Waals surface area contributed by atoms with Crippen molar-refractivity contribution in [3.05, 3.63) is 59.3 Å². The number of amides is 1. The Hall–Kier alpha value is -2.93. The average molecular weight is 418 g/mol. The fourth-order valence-corrected chi connectivity index (χ4v) is 5.41. The van der Waals surface area contributed by atoms with Gasteiger partial charge >= 0.3 is 5.97 Å². The molecule has 0 radical (unpaired) electrons. The summed E-state index contributed by atoms with van der Waals surface area (Å²) >= 11 is 0. The van der Waals surface area contributed by atoms with E-state index in [0.717, 1.165) is 56.0 Å². The number of rotatable bonds is 3. The van der Waals surface area contributed by atoms with E-state index in [9.17, 15) is 9.59 Å². The Morgan fingerprint density at radius 3 is 2.58 bits per heavy atom. The second-order valence-electron chi connectivity index (χ2n) is 9.13. The highest BCUT2D eigenvalue weighted by Crippen LogP contribution is 2.52. The van der Waals surface area contributed by atoms with Crippen LogP contribution in [-0.4, -0.2) is 61.0 Å². The molecule has 31 heavy (non-hydrogen) atoms. The van der Waals surface area contributed by atoms with Crippen LogP contribution in [0.4, 0.5) is 5.82 Å². The van der Waals surface area contributed by atoms with Gasteiger partial charge < -0.3 is 19.9 Å². The number of likely N-dealkylation sites (tertiary alicyclic amines) is 1. The molecule has 1 N–H and O–H groups in total. The number of aromatic nitrogens is 1. The molecule has 1 unspecified atom stereocenters. The van der Waals surface area contributed by atoms with Crippen molar-refractivity contribution >= 4 is 17.7 Å². The molecular weight excluding hydrogens is 392 g/mol. The van der Waals surface area contributed by atoms with Crippen molar-refractivity contribution in [1.82, 2.24) is 15.2 Å². The van der Waals surface area contributed by atoms with Crippen molar-refractivity contribution in [3.63, 3.8) is 0 Å². The molecule has 7 heteroatoms. The number of anilines is 1. The number of ether oxygens (including phenoxy) is 1. The second-order valence-corrected chi connectivity index (χ2v) is 9.13. The minimum atomic E-state index is -0.691. The normalized spacial score (nSPS) is 26.1. The Bertz CT molecular complexity index is 1040. The van der Waals surface area contributed by atoms with Gasteiger partial charge in [-0.3, -0.25) is 4.79 Å². The molecule has 160 valence electrons. The van der Waals surface area contributed by atoms with Crippen LogP contribution in [0.25, 0.3) is 0 Å². The highest BCUT2D eigenvalue weighted by atomic mass is 16.6. The van der Waals surface area contributed by atoms with E-state index >= 15 is 0 Å². The molecule has 3 fully saturated rings. The van der Waals surface area contributed by atoms with E-state index in [1.54, 1.807) is 0 Å². The van der Waals surface area contributed by atoms with Crippen LogP contribution < -0.4 is 10.2 Å². The second kappa shape index (κ2) is 6.79. The summed E-state index contributed by atoms with van der Waals surface area (Å²) in [6.07, 6.45) is 4.23. The lowest BCUT2D eigenvalue weighted by atomic mass is 9.91. The SMILES string of the molecule is O=C1OC2(CCN(C(=O)C3(c4ccc(N5CCNCC5)nc4)CC3)C2)c2ccccc21. The average Bonchev–Trinajstić information content (AvgIpc) is 3.46. The van der Waals surface area contributed by atoms with Crippen molar-refractivity contribution in [1.29, 1.82) is 0 Å². The van der Waals surface area contributed by atoms with Crippen LogP contribution in [0.15, 0.2) is 42.6 Å². The summed E-state index contributed by atoms with van der Waals surface area (Å²) in [5.41, 5.74) is 1.39. The summed E-state index contributed by atoms with van der Waals surface area (Å²) in [6.45, 7) is 4.88. The van der Waals surface area contributed by atoms with Gasteiger partial charge in [-0.15, -0.1) is 0 Å². The van der Waals surface area contributed by atoms with E-state index in [2.05, 4.69) is 27.3 Å². The van der Waals surface area contributed by atoms with Crippen LogP contribution in [0, 0.1) is 0 Å². The van der Waals surface area contributed by atoms with Gasteiger partial charge in [-0.05, 0) is 30.5 Å². The summed E-state index contributed by atoms with van der Waals surface area (Å²) in [5, 5.41) is 3.35. The number of carbonyl (C=O) groups is 2. The van der Waals surface area contributed by atoms with E-state index < -0.39 is 11.0 Å². The monoisotopic (exact) mass is 418 g/mol. The number of pyridine rings is 1. The molecule has 1 aromatic heterocycles. The topological polar surface area (TPSA) is 74.8 Å². The van der Waals surface area contributed by atoms with Gasteiger partial charge in [0.15, 0.2) is 5.60 Å². The molecule has 1 amide bonds. The Morgan fingerprint density at radius 2 is 1.84 bits per heavy atom. The molecule has 6 rings (SSSR count). The van der Waals surface area contributed by atoms with Crippen molar-refractivity contribution in [2.75, 3.05) is 44.2 Å². The smallest absolute Gasteiger partial charge is 0.339 e. The zero-order chi connectivity index (χ0) is 21.1. The predicted octanol–water partition coefficient (Wildman–Crippen LogP) is 1.82. The number of piperazine rings is 1. The molecule has 3 aliphatic heterocycles. The summed E-state index contributed by atoms with van der Waals surface area (Å²) in [4.78, 5) is 34.8. The number of benzene rings is 1. The minimum absolute atomic E-state index is 0.140. The number of fused-ring (bicyclic) bond motifs is 2. The van der Waals surface area contributed by atoms with Gasteiger partial charge in [-0.25, -0.2) is 9.78 Å². The number of esters is 1. The number of nitrogens with zero attached hydrogens (tertiary/aromatic N) is 3. The first kappa shape index (κ1) is 18.8. The van der Waals surface area contributed by atoms with Gasteiger partial charge in [-0.2, -0.15) is 0 Å². The molecule has 1 aliphatic carbocycles. The number of nitrogens with one attached hydrogen (secondary N) is 1. The summed E-state index contributed by atoms with van der Waals surface area (Å²) in [7, 11) is 0. The van der Waals surface area contributed by atoms with E-state index in [4.69, 9.17) is 4.74 Å². The number of hydrogen-bond acceptors (Lipinski definition) is 6. The Kier molecular flexibility index (Phi) is 4.12. The van der Waals surface area contributed by atoms with Crippen molar-refractivity contribution in [2.24, 2.45) is 0 Å². The molecule has 1 atom stereocenters. The van der Waals surface area contributed by atoms with Crippen molar-refractivity contribution < 1.29 is 14.3 Å². The molecule has 2 saturated heterocycles. The maximum absolute atomic E-state index is 13.6. The maximum atomic E-state index is 13.6. The molecule has 4 aliphatic rings. The zero-order valence-electron chi connectivity index (χ0n) is 17.5. The summed E-state index contributed by atoms with van der Waals surface area (Å²) in [6, 6.07) is 11.7. The molecule has 2 aromatic rings. The minimum Gasteiger partial charge on any atom is -0.449 e. The van der Waals surface area contributed by atoms with E-state index in [0.29, 0.717) is 25.1 Å². The first-order chi connectivity index (χ1) is 15.1. The number of carbonyl (C=O) groups excluding carboxylic acids is 2. The van der Waals surface area contributed by atoms with Gasteiger partial charge in [0.25, 0.3) is 0 Å². The lowest BCUT2D eigenvalue weighted by Gasteiger charge is -2.29. The molecule has 1 saturated carbocycles. The van der Waals surface area contributed by atoms with E-state index in [1.807, 2.05) is 35.4 Å². The first-order valence-electron chi connectivity index (χ1n) is 11.2. The van der Waals surface area contributed by atoms with Gasteiger partial charge in [-0.1, -0.05) is 24.3 Å². The van der Waals surface area contributed by atoms with E-state index in [-0.39, 0.29) is 11.9 Å². The first-order valence-corrected chi connectivity index (χ1v) is 11.2. The molecule has 4 heterocycles. The van der Waals surface area contributed by atoms with Crippen LogP contribution in [-0.2, 0) is 20.5 Å². The fraction of sp³-hybridized carbons (Fsp3) is 0.458. The molecule has 7 nitrogen and oxygen atoms in total. The predicted molar refractivity (Wildman–Crippen MR) is 115 cm³/mol. The lowest BCUT2D eigenvalue weighted by molar-refractivity contribution is -0.134. The van der Waals surface area contributed by atoms with Crippen LogP contribution in [0.2, 0.25) is 0 Å². The van der Waals surface area contributed by atoms with Gasteiger partial charge in [0.05, 0.1) is 17.5 Å². The van der Waals surface area contributed by atoms with Crippen LogP contribution in [0.5, 0.6) is 0 Å². The summed E-state index contributed by atoms with van der Waals surface area (Å²) < 4.78 is 5.83. The Labute approximate surface area is 181 Å². The Morgan fingerprint density at radius 1 is 1.03 bits per heavy atom. The van der Waals surface area contributed by atoms with Crippen molar-refractivity contribution in [2.45, 2.75) is 30.3 Å². The van der Waals surface area contributed by atoms with E-state index in [1.165, 1.54) is 0 Å². The third-order valence-electron chi connectivity index (χ3n) is 7.35. The fourth-order valence-electron chi connectivity index (χ4n) is 5.41. The maximum Gasteiger partial charge on any atom is 0.339 e. The number of hydrogen-bond donors (Lipinski definition) is 1. The molecule has 0 bridgehead atoms. The highest BCUT2D eigenvalue weighted by Gasteiger charge is 2.57. The van der Waals surface area contributed by atoms with Crippen LogP contribution in [0.3, 0.4) is 0 Å². The molecular formula is C24H26N4O3. The molecule has 1 aromatic carbocycles. The summed E-state index contributed by atoms with van der Waals surface area (Å²) in [5.74, 6) is 0.836. The Balaban J connectivity index is 1.21. The third-order valence-corrected chi connectivity index (χ3v) is 7.35. The third kappa shape index (κ3) is 2.86. The standard InChI is InChI=1S/C24H26N4O3/c29-21-18-3-1-2-4-19(18)24(31-21)9-12-28(16-24)22(30)23(7-8-23)17-5-6-20(26-15-17)27-13-10-25-11-14-27/h1-6,15,25H,7-14,16H2. The lowest BCUT2D eigenvalue weighted by Crippen LogP contribution is -2.44. The quantitative estimate of drug-likeness (QED) is 0.767. The highest BCUT2D eigenvalue weighted by molar-refractivity contribution is 5.96.